The minimum absolute atomic E-state index is 0.0332. The molecule has 2 aromatic heterocycles. The van der Waals surface area contributed by atoms with Crippen LogP contribution in [0.2, 0.25) is 0 Å². The summed E-state index contributed by atoms with van der Waals surface area (Å²) in [6, 6.07) is 20.3. The topological polar surface area (TPSA) is 115 Å². The number of fused-ring (bicyclic) bond motifs is 2. The minimum atomic E-state index is -1.01. The van der Waals surface area contributed by atoms with Crippen molar-refractivity contribution in [1.29, 1.82) is 0 Å². The molecule has 0 saturated carbocycles. The molecule has 184 valence electrons. The van der Waals surface area contributed by atoms with Crippen LogP contribution < -0.4 is 20.9 Å². The van der Waals surface area contributed by atoms with Crippen LogP contribution >= 0.6 is 0 Å². The van der Waals surface area contributed by atoms with Crippen LogP contribution in [0.15, 0.2) is 96.4 Å². The number of anilines is 1. The average Bonchev–Trinajstić information content (AvgIpc) is 3.33. The monoisotopic (exact) mass is 496 g/mol. The fraction of sp³-hybridized carbons (Fsp3) is 0.107. The van der Waals surface area contributed by atoms with Gasteiger partial charge in [0.1, 0.15) is 28.2 Å². The number of ether oxygens (including phenoxy) is 1. The molecule has 0 saturated heterocycles. The molecule has 0 fully saturated rings. The second kappa shape index (κ2) is 8.56. The highest BCUT2D eigenvalue weighted by Gasteiger charge is 2.38. The quantitative estimate of drug-likeness (QED) is 0.352. The third-order valence-electron chi connectivity index (χ3n) is 6.25. The van der Waals surface area contributed by atoms with Gasteiger partial charge in [0.2, 0.25) is 6.23 Å². The molecular weight excluding hydrogens is 476 g/mol. The van der Waals surface area contributed by atoms with Crippen molar-refractivity contribution in [2.45, 2.75) is 13.2 Å². The van der Waals surface area contributed by atoms with Crippen molar-refractivity contribution in [3.63, 3.8) is 0 Å². The van der Waals surface area contributed by atoms with E-state index in [1.807, 2.05) is 37.3 Å². The molecule has 1 atom stereocenters. The van der Waals surface area contributed by atoms with Gasteiger partial charge in [0.15, 0.2) is 5.84 Å². The van der Waals surface area contributed by atoms with E-state index in [1.54, 1.807) is 23.1 Å². The second-order valence-electron chi connectivity index (χ2n) is 8.59. The summed E-state index contributed by atoms with van der Waals surface area (Å²) in [5, 5.41) is 15.5. The van der Waals surface area contributed by atoms with E-state index in [-0.39, 0.29) is 11.3 Å². The Morgan fingerprint density at radius 1 is 0.946 bits per heavy atom. The summed E-state index contributed by atoms with van der Waals surface area (Å²) in [6.07, 6.45) is -1.01. The highest BCUT2D eigenvalue weighted by Crippen LogP contribution is 2.42. The van der Waals surface area contributed by atoms with E-state index in [0.29, 0.717) is 44.8 Å². The van der Waals surface area contributed by atoms with Gasteiger partial charge >= 0.3 is 11.3 Å². The van der Waals surface area contributed by atoms with Crippen LogP contribution in [0.5, 0.6) is 11.5 Å². The number of benzene rings is 3. The summed E-state index contributed by atoms with van der Waals surface area (Å²) in [4.78, 5) is 32.7. The molecule has 0 amide bonds. The molecular formula is C28H20N2O7. The molecule has 1 unspecified atom stereocenters. The summed E-state index contributed by atoms with van der Waals surface area (Å²) < 4.78 is 16.6. The zero-order valence-electron chi connectivity index (χ0n) is 19.8. The molecule has 0 radical (unpaired) electrons. The third kappa shape index (κ3) is 3.77. The summed E-state index contributed by atoms with van der Waals surface area (Å²) in [5.74, 6) is 0.850. The van der Waals surface area contributed by atoms with Crippen LogP contribution in [0.4, 0.5) is 5.69 Å². The lowest BCUT2D eigenvalue weighted by molar-refractivity contribution is 0.0842. The Balaban J connectivity index is 1.60. The lowest BCUT2D eigenvalue weighted by Crippen LogP contribution is -2.34. The molecule has 0 spiro atoms. The number of aromatic hydroxyl groups is 1. The minimum Gasteiger partial charge on any atom is -0.508 e. The number of aryl methyl sites for hydroxylation is 1. The smallest absolute Gasteiger partial charge is 0.345 e. The number of phenolic OH excluding ortho intramolecular Hbond substituents is 1. The van der Waals surface area contributed by atoms with E-state index in [1.165, 1.54) is 31.4 Å². The van der Waals surface area contributed by atoms with E-state index < -0.39 is 17.5 Å². The van der Waals surface area contributed by atoms with Crippen molar-refractivity contribution in [2.24, 2.45) is 5.16 Å². The Morgan fingerprint density at radius 2 is 1.76 bits per heavy atom. The van der Waals surface area contributed by atoms with Crippen molar-refractivity contribution in [2.75, 3.05) is 12.0 Å². The largest absolute Gasteiger partial charge is 0.508 e. The van der Waals surface area contributed by atoms with Crippen LogP contribution in [-0.4, -0.2) is 18.1 Å². The predicted molar refractivity (Wildman–Crippen MR) is 137 cm³/mol. The van der Waals surface area contributed by atoms with E-state index >= 15 is 0 Å². The second-order valence-corrected chi connectivity index (χ2v) is 8.59. The third-order valence-corrected chi connectivity index (χ3v) is 6.25. The molecule has 9 nitrogen and oxygen atoms in total. The number of nitrogens with zero attached hydrogens (tertiary/aromatic N) is 2. The van der Waals surface area contributed by atoms with Crippen LogP contribution in [0.1, 0.15) is 22.9 Å². The van der Waals surface area contributed by atoms with Gasteiger partial charge in [0.05, 0.1) is 12.8 Å². The van der Waals surface area contributed by atoms with Gasteiger partial charge in [-0.25, -0.2) is 9.59 Å². The molecule has 5 aromatic rings. The molecule has 6 rings (SSSR count). The van der Waals surface area contributed by atoms with Gasteiger partial charge in [0, 0.05) is 28.5 Å². The first kappa shape index (κ1) is 22.4. The SMILES string of the molecule is COc1cc2oc(=O)cc(C)c2cc1N1C(c2ccccc2)=NOC1c1cc2cc(O)ccc2oc1=O. The lowest BCUT2D eigenvalue weighted by atomic mass is 10.1. The van der Waals surface area contributed by atoms with Gasteiger partial charge in [0.25, 0.3) is 0 Å². The maximum Gasteiger partial charge on any atom is 0.345 e. The number of phenols is 1. The van der Waals surface area contributed by atoms with Crippen LogP contribution in [0, 0.1) is 6.92 Å². The van der Waals surface area contributed by atoms with Crippen molar-refractivity contribution in [3.8, 4) is 11.5 Å². The molecule has 3 aromatic carbocycles. The Hall–Kier alpha value is -5.05. The van der Waals surface area contributed by atoms with E-state index in [0.717, 1.165) is 5.56 Å². The highest BCUT2D eigenvalue weighted by molar-refractivity contribution is 6.12. The fourth-order valence-electron chi connectivity index (χ4n) is 4.50. The Morgan fingerprint density at radius 3 is 2.54 bits per heavy atom. The van der Waals surface area contributed by atoms with Crippen molar-refractivity contribution >= 4 is 33.5 Å². The Kier molecular flexibility index (Phi) is 5.19. The average molecular weight is 496 g/mol. The number of hydrogen-bond acceptors (Lipinski definition) is 9. The number of rotatable bonds is 4. The first-order chi connectivity index (χ1) is 17.9. The molecule has 3 heterocycles. The summed E-state index contributed by atoms with van der Waals surface area (Å²) >= 11 is 0. The van der Waals surface area contributed by atoms with Gasteiger partial charge in [-0.15, -0.1) is 0 Å². The highest BCUT2D eigenvalue weighted by atomic mass is 16.7. The van der Waals surface area contributed by atoms with Gasteiger partial charge in [-0.1, -0.05) is 35.5 Å². The maximum atomic E-state index is 13.1. The summed E-state index contributed by atoms with van der Waals surface area (Å²) in [5.41, 5.74) is 1.77. The summed E-state index contributed by atoms with van der Waals surface area (Å²) in [6.45, 7) is 1.81. The lowest BCUT2D eigenvalue weighted by Gasteiger charge is -2.27. The molecule has 37 heavy (non-hydrogen) atoms. The number of amidine groups is 1. The Labute approximate surface area is 209 Å². The first-order valence-electron chi connectivity index (χ1n) is 11.4. The van der Waals surface area contributed by atoms with Gasteiger partial charge in [-0.05, 0) is 42.8 Å². The first-order valence-corrected chi connectivity index (χ1v) is 11.4. The van der Waals surface area contributed by atoms with Gasteiger partial charge < -0.3 is 23.5 Å². The normalized spacial score (nSPS) is 15.1. The fourth-order valence-corrected chi connectivity index (χ4v) is 4.50. The van der Waals surface area contributed by atoms with Crippen molar-refractivity contribution in [3.05, 3.63) is 110 Å². The predicted octanol–water partition coefficient (Wildman–Crippen LogP) is 4.82. The standard InChI is InChI=1S/C28H20N2O7/c1-15-10-25(32)35-23-14-24(34-2)21(13-19(15)23)30-26(16-6-4-3-5-7-16)29-37-27(30)20-12-17-11-18(31)8-9-22(17)36-28(20)33/h3-14,27,31H,1-2H3. The number of methoxy groups -OCH3 is 1. The molecule has 9 heteroatoms. The zero-order chi connectivity index (χ0) is 25.7. The maximum absolute atomic E-state index is 13.1. The molecule has 1 aliphatic heterocycles. The number of hydrogen-bond donors (Lipinski definition) is 1. The van der Waals surface area contributed by atoms with Crippen LogP contribution in [0.3, 0.4) is 0 Å². The Bertz CT molecular complexity index is 1820. The molecule has 1 aliphatic rings. The molecule has 0 aliphatic carbocycles. The molecule has 0 bridgehead atoms. The van der Waals surface area contributed by atoms with Crippen molar-refractivity contribution in [1.82, 2.24) is 0 Å². The van der Waals surface area contributed by atoms with E-state index in [2.05, 4.69) is 5.16 Å². The summed E-state index contributed by atoms with van der Waals surface area (Å²) in [7, 11) is 1.50. The molecule has 1 N–H and O–H groups in total. The van der Waals surface area contributed by atoms with E-state index in [4.69, 9.17) is 18.4 Å². The van der Waals surface area contributed by atoms with Crippen LogP contribution in [0.25, 0.3) is 21.9 Å². The van der Waals surface area contributed by atoms with Crippen molar-refractivity contribution < 1.29 is 23.5 Å². The van der Waals surface area contributed by atoms with Crippen LogP contribution in [-0.2, 0) is 4.84 Å². The van der Waals surface area contributed by atoms with Gasteiger partial charge in [-0.2, -0.15) is 0 Å². The van der Waals surface area contributed by atoms with E-state index in [9.17, 15) is 14.7 Å². The zero-order valence-corrected chi connectivity index (χ0v) is 19.8. The number of oxime groups is 1. The van der Waals surface area contributed by atoms with Gasteiger partial charge in [-0.3, -0.25) is 4.90 Å².